The molecule has 0 aliphatic carbocycles. The smallest absolute Gasteiger partial charge is 0.430 e. The molecule has 0 radical (unpaired) electrons. The monoisotopic (exact) mass is 258 g/mol. The fraction of sp³-hybridized carbons (Fsp3) is 0.286. The highest BCUT2D eigenvalue weighted by Crippen LogP contribution is 2.27. The first-order chi connectivity index (χ1) is 9.13. The number of carbonyl (C=O) groups is 1. The first kappa shape index (κ1) is 11.8. The van der Waals surface area contributed by atoms with Crippen LogP contribution in [0.4, 0.5) is 4.79 Å². The summed E-state index contributed by atoms with van der Waals surface area (Å²) in [5.41, 5.74) is 3.96. The van der Waals surface area contributed by atoms with Crippen molar-refractivity contribution in [2.75, 3.05) is 6.61 Å². The molecule has 1 unspecified atom stereocenters. The van der Waals surface area contributed by atoms with E-state index in [1.54, 1.807) is 0 Å². The molecule has 1 aromatic carbocycles. The predicted octanol–water partition coefficient (Wildman–Crippen LogP) is 2.70. The number of hydrogen-bond acceptors (Lipinski definition) is 4. The van der Waals surface area contributed by atoms with E-state index >= 15 is 0 Å². The predicted molar refractivity (Wildman–Crippen MR) is 68.2 cm³/mol. The van der Waals surface area contributed by atoms with E-state index in [1.165, 1.54) is 0 Å². The Morgan fingerprint density at radius 1 is 1.32 bits per heavy atom. The summed E-state index contributed by atoms with van der Waals surface area (Å²) in [5.74, 6) is 0. The lowest BCUT2D eigenvalue weighted by Gasteiger charge is -2.11. The van der Waals surface area contributed by atoms with Crippen molar-refractivity contribution in [2.24, 2.45) is 0 Å². The highest BCUT2D eigenvalue weighted by molar-refractivity contribution is 5.62. The molecule has 0 amide bonds. The van der Waals surface area contributed by atoms with Gasteiger partial charge in [0.15, 0.2) is 6.10 Å². The minimum atomic E-state index is -0.609. The normalized spacial score (nSPS) is 18.2. The molecule has 2 aromatic rings. The molecule has 1 saturated heterocycles. The molecule has 0 saturated carbocycles. The third-order valence-corrected chi connectivity index (χ3v) is 3.17. The van der Waals surface area contributed by atoms with Gasteiger partial charge in [-0.25, -0.2) is 9.48 Å². The van der Waals surface area contributed by atoms with Crippen molar-refractivity contribution in [3.8, 4) is 5.69 Å². The second-order valence-electron chi connectivity index (χ2n) is 4.62. The molecule has 0 spiro atoms. The molecule has 0 bridgehead atoms. The van der Waals surface area contributed by atoms with Crippen LogP contribution < -0.4 is 0 Å². The van der Waals surface area contributed by atoms with Gasteiger partial charge < -0.3 is 9.47 Å². The third-order valence-electron chi connectivity index (χ3n) is 3.17. The van der Waals surface area contributed by atoms with Crippen molar-refractivity contribution in [2.45, 2.75) is 20.0 Å². The lowest BCUT2D eigenvalue weighted by atomic mass is 10.1. The van der Waals surface area contributed by atoms with Gasteiger partial charge in [-0.2, -0.15) is 5.10 Å². The van der Waals surface area contributed by atoms with E-state index in [0.717, 1.165) is 22.5 Å². The Kier molecular flexibility index (Phi) is 2.74. The van der Waals surface area contributed by atoms with Gasteiger partial charge in [-0.3, -0.25) is 0 Å². The summed E-state index contributed by atoms with van der Waals surface area (Å²) in [4.78, 5) is 11.0. The number of aromatic nitrogens is 2. The minimum Gasteiger partial charge on any atom is -0.430 e. The van der Waals surface area contributed by atoms with Gasteiger partial charge in [0.05, 0.1) is 11.4 Å². The molecule has 19 heavy (non-hydrogen) atoms. The second-order valence-corrected chi connectivity index (χ2v) is 4.62. The number of nitrogens with zero attached hydrogens (tertiary/aromatic N) is 2. The molecule has 1 aliphatic heterocycles. The van der Waals surface area contributed by atoms with E-state index in [-0.39, 0.29) is 12.7 Å². The molecule has 1 atom stereocenters. The number of ether oxygens (including phenoxy) is 2. The van der Waals surface area contributed by atoms with Gasteiger partial charge in [0.2, 0.25) is 0 Å². The fourth-order valence-corrected chi connectivity index (χ4v) is 2.11. The highest BCUT2D eigenvalue weighted by atomic mass is 16.8. The fourth-order valence-electron chi connectivity index (χ4n) is 2.11. The molecule has 3 rings (SSSR count). The third kappa shape index (κ3) is 2.19. The molecule has 5 nitrogen and oxygen atoms in total. The lowest BCUT2D eigenvalue weighted by Crippen LogP contribution is -2.04. The Balaban J connectivity index is 1.98. The Bertz CT molecular complexity index is 633. The number of aryl methyl sites for hydroxylation is 2. The highest BCUT2D eigenvalue weighted by Gasteiger charge is 2.27. The quantitative estimate of drug-likeness (QED) is 0.777. The van der Waals surface area contributed by atoms with Gasteiger partial charge in [-0.1, -0.05) is 12.1 Å². The zero-order valence-corrected chi connectivity index (χ0v) is 10.8. The van der Waals surface area contributed by atoms with Gasteiger partial charge in [-0.15, -0.1) is 0 Å². The maximum absolute atomic E-state index is 11.0. The summed E-state index contributed by atoms with van der Waals surface area (Å²) in [6, 6.07) is 7.87. The number of rotatable bonds is 2. The Hall–Kier alpha value is -2.30. The van der Waals surface area contributed by atoms with Crippen LogP contribution in [0.25, 0.3) is 5.69 Å². The van der Waals surface area contributed by atoms with E-state index in [1.807, 2.05) is 49.0 Å². The molecule has 5 heteroatoms. The van der Waals surface area contributed by atoms with Crippen molar-refractivity contribution < 1.29 is 14.3 Å². The van der Waals surface area contributed by atoms with Crippen molar-refractivity contribution in [3.63, 3.8) is 0 Å². The second kappa shape index (κ2) is 4.42. The molecule has 1 aliphatic rings. The first-order valence-electron chi connectivity index (χ1n) is 6.10. The van der Waals surface area contributed by atoms with Crippen molar-refractivity contribution in [1.29, 1.82) is 0 Å². The largest absolute Gasteiger partial charge is 0.509 e. The molecule has 1 fully saturated rings. The summed E-state index contributed by atoms with van der Waals surface area (Å²) < 4.78 is 11.7. The number of hydrogen-bond donors (Lipinski definition) is 0. The molecule has 1 aromatic heterocycles. The van der Waals surface area contributed by atoms with Gasteiger partial charge >= 0.3 is 6.16 Å². The Morgan fingerprint density at radius 3 is 2.79 bits per heavy atom. The standard InChI is InChI=1S/C14H14N2O3/c1-9-3-4-11(13-8-18-14(17)19-13)7-12(9)16-6-5-10(2)15-16/h3-7,13H,8H2,1-2H3. The number of cyclic esters (lactones) is 2. The van der Waals surface area contributed by atoms with Crippen LogP contribution in [0.15, 0.2) is 30.5 Å². The van der Waals surface area contributed by atoms with Crippen molar-refractivity contribution in [1.82, 2.24) is 9.78 Å². The van der Waals surface area contributed by atoms with Gasteiger partial charge in [0.25, 0.3) is 0 Å². The van der Waals surface area contributed by atoms with Gasteiger partial charge in [0, 0.05) is 6.20 Å². The zero-order chi connectivity index (χ0) is 13.4. The lowest BCUT2D eigenvalue weighted by molar-refractivity contribution is 0.118. The molecule has 2 heterocycles. The molecule has 98 valence electrons. The first-order valence-corrected chi connectivity index (χ1v) is 6.10. The van der Waals surface area contributed by atoms with Gasteiger partial charge in [0.1, 0.15) is 6.61 Å². The van der Waals surface area contributed by atoms with Crippen LogP contribution in [0.3, 0.4) is 0 Å². The summed E-state index contributed by atoms with van der Waals surface area (Å²) in [7, 11) is 0. The molecule has 0 N–H and O–H groups in total. The average Bonchev–Trinajstić information content (AvgIpc) is 2.99. The van der Waals surface area contributed by atoms with Crippen molar-refractivity contribution in [3.05, 3.63) is 47.3 Å². The summed E-state index contributed by atoms with van der Waals surface area (Å²) >= 11 is 0. The van der Waals surface area contributed by atoms with E-state index in [0.29, 0.717) is 0 Å². The summed E-state index contributed by atoms with van der Waals surface area (Å²) in [6.07, 6.45) is 0.976. The number of carbonyl (C=O) groups excluding carboxylic acids is 1. The van der Waals surface area contributed by atoms with E-state index < -0.39 is 6.16 Å². The van der Waals surface area contributed by atoms with Crippen LogP contribution in [0.2, 0.25) is 0 Å². The summed E-state index contributed by atoms with van der Waals surface area (Å²) in [6.45, 7) is 4.23. The minimum absolute atomic E-state index is 0.263. The Morgan fingerprint density at radius 2 is 2.16 bits per heavy atom. The topological polar surface area (TPSA) is 53.4 Å². The van der Waals surface area contributed by atoms with Crippen LogP contribution >= 0.6 is 0 Å². The maximum atomic E-state index is 11.0. The van der Waals surface area contributed by atoms with Gasteiger partial charge in [-0.05, 0) is 37.1 Å². The molecular weight excluding hydrogens is 244 g/mol. The zero-order valence-electron chi connectivity index (χ0n) is 10.8. The SMILES string of the molecule is Cc1ccn(-c2cc(C3COC(=O)O3)ccc2C)n1. The van der Waals surface area contributed by atoms with E-state index in [2.05, 4.69) is 5.10 Å². The van der Waals surface area contributed by atoms with E-state index in [9.17, 15) is 4.79 Å². The van der Waals surface area contributed by atoms with Crippen LogP contribution in [0.1, 0.15) is 22.9 Å². The van der Waals surface area contributed by atoms with Crippen molar-refractivity contribution >= 4 is 6.16 Å². The summed E-state index contributed by atoms with van der Waals surface area (Å²) in [5, 5.41) is 4.40. The molecular formula is C14H14N2O3. The van der Waals surface area contributed by atoms with Crippen LogP contribution in [-0.2, 0) is 9.47 Å². The van der Waals surface area contributed by atoms with E-state index in [4.69, 9.17) is 9.47 Å². The maximum Gasteiger partial charge on any atom is 0.509 e. The van der Waals surface area contributed by atoms with Crippen LogP contribution in [0.5, 0.6) is 0 Å². The van der Waals surface area contributed by atoms with Crippen LogP contribution in [0, 0.1) is 13.8 Å². The number of benzene rings is 1. The average molecular weight is 258 g/mol. The Labute approximate surface area is 110 Å². The van der Waals surface area contributed by atoms with Crippen LogP contribution in [-0.4, -0.2) is 22.5 Å².